The lowest BCUT2D eigenvalue weighted by Gasteiger charge is -2.16. The maximum absolute atomic E-state index is 11.1. The molecule has 0 bridgehead atoms. The molecule has 0 aliphatic heterocycles. The topological polar surface area (TPSA) is 51.5 Å². The van der Waals surface area contributed by atoms with Gasteiger partial charge in [-0.05, 0) is 17.7 Å². The molecule has 4 nitrogen and oxygen atoms in total. The van der Waals surface area contributed by atoms with Crippen LogP contribution in [-0.4, -0.2) is 19.6 Å². The number of methoxy groups -OCH3 is 1. The van der Waals surface area contributed by atoms with Gasteiger partial charge in [0.1, 0.15) is 5.76 Å². The van der Waals surface area contributed by atoms with Crippen LogP contribution in [0.25, 0.3) is 0 Å². The fourth-order valence-electron chi connectivity index (χ4n) is 1.90. The van der Waals surface area contributed by atoms with Crippen molar-refractivity contribution in [2.24, 2.45) is 0 Å². The number of nitrogens with one attached hydrogen (secondary N) is 1. The summed E-state index contributed by atoms with van der Waals surface area (Å²) in [4.78, 5) is 11.1. The molecule has 2 aromatic rings. The highest BCUT2D eigenvalue weighted by molar-refractivity contribution is 5.69. The number of hydrogen-bond acceptors (Lipinski definition) is 4. The molecule has 19 heavy (non-hydrogen) atoms. The highest BCUT2D eigenvalue weighted by Gasteiger charge is 2.16. The molecule has 1 unspecified atom stereocenters. The number of ether oxygens (including phenoxy) is 1. The average molecular weight is 259 g/mol. The lowest BCUT2D eigenvalue weighted by molar-refractivity contribution is -0.140. The van der Waals surface area contributed by atoms with Gasteiger partial charge in [-0.1, -0.05) is 30.3 Å². The minimum Gasteiger partial charge on any atom is -0.469 e. The van der Waals surface area contributed by atoms with Gasteiger partial charge in [0.15, 0.2) is 0 Å². The highest BCUT2D eigenvalue weighted by Crippen LogP contribution is 2.22. The molecule has 0 amide bonds. The van der Waals surface area contributed by atoms with E-state index in [-0.39, 0.29) is 12.0 Å². The van der Waals surface area contributed by atoms with Crippen molar-refractivity contribution in [3.05, 3.63) is 60.1 Å². The molecule has 1 atom stereocenters. The predicted molar refractivity (Wildman–Crippen MR) is 71.6 cm³/mol. The molecule has 1 heterocycles. The molecular weight excluding hydrogens is 242 g/mol. The van der Waals surface area contributed by atoms with Gasteiger partial charge in [-0.25, -0.2) is 0 Å². The summed E-state index contributed by atoms with van der Waals surface area (Å²) in [6, 6.07) is 13.7. The Morgan fingerprint density at radius 2 is 2.05 bits per heavy atom. The Bertz CT molecular complexity index is 493. The van der Waals surface area contributed by atoms with Crippen LogP contribution in [0.15, 0.2) is 53.1 Å². The zero-order valence-corrected chi connectivity index (χ0v) is 10.8. The van der Waals surface area contributed by atoms with E-state index in [0.29, 0.717) is 13.0 Å². The first-order valence-corrected chi connectivity index (χ1v) is 6.20. The van der Waals surface area contributed by atoms with E-state index in [1.54, 1.807) is 6.26 Å². The van der Waals surface area contributed by atoms with Crippen LogP contribution in [0.5, 0.6) is 0 Å². The molecule has 4 heteroatoms. The van der Waals surface area contributed by atoms with Crippen molar-refractivity contribution in [1.82, 2.24) is 5.32 Å². The maximum atomic E-state index is 11.1. The average Bonchev–Trinajstić information content (AvgIpc) is 2.98. The van der Waals surface area contributed by atoms with E-state index in [0.717, 1.165) is 11.3 Å². The lowest BCUT2D eigenvalue weighted by Crippen LogP contribution is -2.25. The summed E-state index contributed by atoms with van der Waals surface area (Å²) in [5.41, 5.74) is 1.10. The van der Waals surface area contributed by atoms with Gasteiger partial charge >= 0.3 is 5.97 Å². The molecular formula is C15H17NO3. The van der Waals surface area contributed by atoms with Gasteiger partial charge in [0.25, 0.3) is 0 Å². The van der Waals surface area contributed by atoms with E-state index >= 15 is 0 Å². The molecule has 0 spiro atoms. The van der Waals surface area contributed by atoms with Crippen molar-refractivity contribution in [3.63, 3.8) is 0 Å². The lowest BCUT2D eigenvalue weighted by atomic mass is 10.0. The van der Waals surface area contributed by atoms with Crippen LogP contribution in [0, 0.1) is 0 Å². The van der Waals surface area contributed by atoms with Crippen molar-refractivity contribution in [2.75, 3.05) is 13.7 Å². The van der Waals surface area contributed by atoms with Gasteiger partial charge < -0.3 is 14.5 Å². The van der Waals surface area contributed by atoms with Crippen molar-refractivity contribution >= 4 is 5.97 Å². The summed E-state index contributed by atoms with van der Waals surface area (Å²) >= 11 is 0. The first-order valence-electron chi connectivity index (χ1n) is 6.20. The van der Waals surface area contributed by atoms with Crippen molar-refractivity contribution in [3.8, 4) is 0 Å². The molecule has 0 radical (unpaired) electrons. The van der Waals surface area contributed by atoms with Gasteiger partial charge in [-0.15, -0.1) is 0 Å². The number of hydrogen-bond donors (Lipinski definition) is 1. The first kappa shape index (κ1) is 13.4. The summed E-state index contributed by atoms with van der Waals surface area (Å²) in [6.45, 7) is 0.535. The Kier molecular flexibility index (Phi) is 4.75. The molecule has 0 aliphatic carbocycles. The Morgan fingerprint density at radius 3 is 2.68 bits per heavy atom. The zero-order valence-electron chi connectivity index (χ0n) is 10.8. The SMILES string of the molecule is COC(=O)CCNC(c1ccccc1)c1ccco1. The molecule has 0 saturated heterocycles. The van der Waals surface area contributed by atoms with E-state index < -0.39 is 0 Å². The summed E-state index contributed by atoms with van der Waals surface area (Å²) in [6.07, 6.45) is 1.98. The Balaban J connectivity index is 2.06. The van der Waals surface area contributed by atoms with Crippen LogP contribution in [0.4, 0.5) is 0 Å². The van der Waals surface area contributed by atoms with E-state index in [9.17, 15) is 4.79 Å². The number of carbonyl (C=O) groups is 1. The second-order valence-corrected chi connectivity index (χ2v) is 4.14. The number of carbonyl (C=O) groups excluding carboxylic acids is 1. The Labute approximate surface area is 112 Å². The van der Waals surface area contributed by atoms with Gasteiger partial charge in [0.2, 0.25) is 0 Å². The minimum atomic E-state index is -0.223. The smallest absolute Gasteiger partial charge is 0.306 e. The summed E-state index contributed by atoms with van der Waals surface area (Å²) < 4.78 is 10.1. The van der Waals surface area contributed by atoms with E-state index in [1.165, 1.54) is 7.11 Å². The third kappa shape index (κ3) is 3.69. The minimum absolute atomic E-state index is 0.0548. The molecule has 1 N–H and O–H groups in total. The predicted octanol–water partition coefficient (Wildman–Crippen LogP) is 2.52. The first-order chi connectivity index (χ1) is 9.31. The van der Waals surface area contributed by atoms with Crippen LogP contribution in [0.1, 0.15) is 23.8 Å². The van der Waals surface area contributed by atoms with Crippen LogP contribution in [-0.2, 0) is 9.53 Å². The Morgan fingerprint density at radius 1 is 1.26 bits per heavy atom. The quantitative estimate of drug-likeness (QED) is 0.810. The van der Waals surface area contributed by atoms with Crippen LogP contribution >= 0.6 is 0 Å². The van der Waals surface area contributed by atoms with Crippen molar-refractivity contribution < 1.29 is 13.9 Å². The standard InChI is InChI=1S/C15H17NO3/c1-18-14(17)9-10-16-15(13-8-5-11-19-13)12-6-3-2-4-7-12/h2-8,11,15-16H,9-10H2,1H3. The Hall–Kier alpha value is -2.07. The van der Waals surface area contributed by atoms with Crippen LogP contribution in [0.2, 0.25) is 0 Å². The fourth-order valence-corrected chi connectivity index (χ4v) is 1.90. The molecule has 0 fully saturated rings. The molecule has 0 aliphatic rings. The number of esters is 1. The van der Waals surface area contributed by atoms with Gasteiger partial charge in [0, 0.05) is 6.54 Å². The number of benzene rings is 1. The van der Waals surface area contributed by atoms with Gasteiger partial charge in [-0.3, -0.25) is 4.79 Å². The maximum Gasteiger partial charge on any atom is 0.306 e. The van der Waals surface area contributed by atoms with Gasteiger partial charge in [-0.2, -0.15) is 0 Å². The normalized spacial score (nSPS) is 12.1. The summed E-state index contributed by atoms with van der Waals surface area (Å²) in [7, 11) is 1.39. The molecule has 0 saturated carbocycles. The van der Waals surface area contributed by atoms with Crippen molar-refractivity contribution in [2.45, 2.75) is 12.5 Å². The van der Waals surface area contributed by atoms with Crippen LogP contribution in [0.3, 0.4) is 0 Å². The summed E-state index contributed by atoms with van der Waals surface area (Å²) in [5, 5.41) is 3.31. The molecule has 2 rings (SSSR count). The van der Waals surface area contributed by atoms with E-state index in [2.05, 4.69) is 10.1 Å². The molecule has 100 valence electrons. The van der Waals surface area contributed by atoms with E-state index in [1.807, 2.05) is 42.5 Å². The third-order valence-electron chi connectivity index (χ3n) is 2.87. The third-order valence-corrected chi connectivity index (χ3v) is 2.87. The number of rotatable bonds is 6. The van der Waals surface area contributed by atoms with E-state index in [4.69, 9.17) is 4.42 Å². The van der Waals surface area contributed by atoms with Crippen LogP contribution < -0.4 is 5.32 Å². The van der Waals surface area contributed by atoms with Gasteiger partial charge in [0.05, 0.1) is 25.8 Å². The van der Waals surface area contributed by atoms with Crippen molar-refractivity contribution in [1.29, 1.82) is 0 Å². The summed E-state index contributed by atoms with van der Waals surface area (Å²) in [5.74, 6) is 0.606. The number of furan rings is 1. The molecule has 1 aromatic heterocycles. The largest absolute Gasteiger partial charge is 0.469 e. The monoisotopic (exact) mass is 259 g/mol. The second kappa shape index (κ2) is 6.75. The second-order valence-electron chi connectivity index (χ2n) is 4.14. The molecule has 1 aromatic carbocycles. The fraction of sp³-hybridized carbons (Fsp3) is 0.267. The zero-order chi connectivity index (χ0) is 13.5. The highest BCUT2D eigenvalue weighted by atomic mass is 16.5.